The van der Waals surface area contributed by atoms with Crippen LogP contribution in [0.5, 0.6) is 0 Å². The molecule has 3 rings (SSSR count). The molecule has 1 heterocycles. The lowest BCUT2D eigenvalue weighted by atomic mass is 9.95. The van der Waals surface area contributed by atoms with Gasteiger partial charge in [-0.2, -0.15) is 0 Å². The summed E-state index contributed by atoms with van der Waals surface area (Å²) >= 11 is 0. The number of anilines is 1. The molecule has 5 heteroatoms. The molecule has 1 aromatic carbocycles. The summed E-state index contributed by atoms with van der Waals surface area (Å²) in [5.41, 5.74) is 3.09. The predicted octanol–water partition coefficient (Wildman–Crippen LogP) is 2.83. The minimum Gasteiger partial charge on any atom is -0.335 e. The fraction of sp³-hybridized carbons (Fsp3) is 0.556. The zero-order chi connectivity index (χ0) is 16.4. The number of carbonyl (C=O) groups is 2. The van der Waals surface area contributed by atoms with E-state index in [0.29, 0.717) is 19.1 Å². The molecule has 0 bridgehead atoms. The van der Waals surface area contributed by atoms with Crippen molar-refractivity contribution in [3.05, 3.63) is 29.3 Å². The van der Waals surface area contributed by atoms with Crippen LogP contribution < -0.4 is 10.6 Å². The highest BCUT2D eigenvalue weighted by Crippen LogP contribution is 2.24. The lowest BCUT2D eigenvalue weighted by Crippen LogP contribution is -2.46. The van der Waals surface area contributed by atoms with Gasteiger partial charge >= 0.3 is 6.03 Å². The number of urea groups is 1. The Kier molecular flexibility index (Phi) is 4.55. The lowest BCUT2D eigenvalue weighted by Gasteiger charge is -2.31. The van der Waals surface area contributed by atoms with E-state index in [4.69, 9.17) is 0 Å². The number of hydrogen-bond acceptors (Lipinski definition) is 2. The van der Waals surface area contributed by atoms with Crippen molar-refractivity contribution in [2.24, 2.45) is 5.92 Å². The molecule has 5 nitrogen and oxygen atoms in total. The number of nitrogens with zero attached hydrogens (tertiary/aromatic N) is 1. The van der Waals surface area contributed by atoms with Crippen molar-refractivity contribution in [1.82, 2.24) is 10.2 Å². The first-order chi connectivity index (χ1) is 11.0. The molecule has 0 atom stereocenters. The van der Waals surface area contributed by atoms with Crippen LogP contribution >= 0.6 is 0 Å². The van der Waals surface area contributed by atoms with Gasteiger partial charge in [0.2, 0.25) is 5.91 Å². The fourth-order valence-corrected chi connectivity index (χ4v) is 3.08. The molecule has 23 heavy (non-hydrogen) atoms. The van der Waals surface area contributed by atoms with Gasteiger partial charge in [0.1, 0.15) is 0 Å². The predicted molar refractivity (Wildman–Crippen MR) is 90.4 cm³/mol. The molecule has 2 aliphatic rings. The van der Waals surface area contributed by atoms with Crippen LogP contribution in [0.3, 0.4) is 0 Å². The van der Waals surface area contributed by atoms with Crippen molar-refractivity contribution in [3.8, 4) is 0 Å². The summed E-state index contributed by atoms with van der Waals surface area (Å²) < 4.78 is 0. The van der Waals surface area contributed by atoms with Crippen molar-refractivity contribution in [1.29, 1.82) is 0 Å². The standard InChI is InChI=1S/C18H25N3O2/c1-12-4-3-5-13(2)16(12)20-17(22)14-8-10-21(11-9-14)18(23)19-15-6-7-15/h3-5,14-15H,6-11H2,1-2H3,(H,19,23)(H,20,22). The Balaban J connectivity index is 1.52. The molecule has 1 saturated heterocycles. The molecule has 0 aromatic heterocycles. The third-order valence-corrected chi connectivity index (χ3v) is 4.79. The van der Waals surface area contributed by atoms with E-state index in [0.717, 1.165) is 42.5 Å². The van der Waals surface area contributed by atoms with Crippen molar-refractivity contribution in [3.63, 3.8) is 0 Å². The summed E-state index contributed by atoms with van der Waals surface area (Å²) in [5.74, 6) is 0.0589. The van der Waals surface area contributed by atoms with Crippen molar-refractivity contribution < 1.29 is 9.59 Å². The summed E-state index contributed by atoms with van der Waals surface area (Å²) in [6.45, 7) is 5.33. The van der Waals surface area contributed by atoms with E-state index in [1.165, 1.54) is 0 Å². The highest BCUT2D eigenvalue weighted by Gasteiger charge is 2.30. The van der Waals surface area contributed by atoms with Crippen LogP contribution in [0.1, 0.15) is 36.8 Å². The highest BCUT2D eigenvalue weighted by atomic mass is 16.2. The average Bonchev–Trinajstić information content (AvgIpc) is 3.35. The maximum absolute atomic E-state index is 12.5. The molecule has 1 aromatic rings. The van der Waals surface area contributed by atoms with Crippen LogP contribution in [0.25, 0.3) is 0 Å². The van der Waals surface area contributed by atoms with Crippen LogP contribution in [0.15, 0.2) is 18.2 Å². The second-order valence-electron chi connectivity index (χ2n) is 6.74. The van der Waals surface area contributed by atoms with Crippen LogP contribution in [-0.4, -0.2) is 36.0 Å². The average molecular weight is 315 g/mol. The Bertz CT molecular complexity index is 582. The first-order valence-electron chi connectivity index (χ1n) is 8.47. The van der Waals surface area contributed by atoms with Gasteiger partial charge in [0, 0.05) is 30.7 Å². The Hall–Kier alpha value is -2.04. The number of para-hydroxylation sites is 1. The quantitative estimate of drug-likeness (QED) is 0.901. The monoisotopic (exact) mass is 315 g/mol. The summed E-state index contributed by atoms with van der Waals surface area (Å²) in [7, 11) is 0. The van der Waals surface area contributed by atoms with Gasteiger partial charge in [-0.15, -0.1) is 0 Å². The van der Waals surface area contributed by atoms with Crippen LogP contribution in [-0.2, 0) is 4.79 Å². The first kappa shape index (κ1) is 15.8. The van der Waals surface area contributed by atoms with E-state index in [-0.39, 0.29) is 17.9 Å². The second kappa shape index (κ2) is 6.60. The molecule has 1 saturated carbocycles. The summed E-state index contributed by atoms with van der Waals surface area (Å²) in [6, 6.07) is 6.42. The van der Waals surface area contributed by atoms with Crippen LogP contribution in [0, 0.1) is 19.8 Å². The van der Waals surface area contributed by atoms with E-state index < -0.39 is 0 Å². The van der Waals surface area contributed by atoms with Gasteiger partial charge in [-0.25, -0.2) is 4.79 Å². The Morgan fingerprint density at radius 2 is 1.65 bits per heavy atom. The number of piperidine rings is 1. The van der Waals surface area contributed by atoms with Crippen molar-refractivity contribution in [2.45, 2.75) is 45.6 Å². The summed E-state index contributed by atoms with van der Waals surface area (Å²) in [4.78, 5) is 26.4. The highest BCUT2D eigenvalue weighted by molar-refractivity contribution is 5.94. The smallest absolute Gasteiger partial charge is 0.317 e. The topological polar surface area (TPSA) is 61.4 Å². The number of benzene rings is 1. The largest absolute Gasteiger partial charge is 0.335 e. The van der Waals surface area contributed by atoms with Gasteiger partial charge in [-0.05, 0) is 50.7 Å². The van der Waals surface area contributed by atoms with Crippen molar-refractivity contribution in [2.75, 3.05) is 18.4 Å². The number of amides is 3. The van der Waals surface area contributed by atoms with Gasteiger partial charge in [0.15, 0.2) is 0 Å². The Morgan fingerprint density at radius 3 is 2.22 bits per heavy atom. The molecule has 1 aliphatic heterocycles. The molecule has 1 aliphatic carbocycles. The van der Waals surface area contributed by atoms with Gasteiger partial charge in [0.25, 0.3) is 0 Å². The van der Waals surface area contributed by atoms with E-state index >= 15 is 0 Å². The molecule has 2 fully saturated rings. The molecular weight excluding hydrogens is 290 g/mol. The van der Waals surface area contributed by atoms with Gasteiger partial charge in [0.05, 0.1) is 0 Å². The van der Waals surface area contributed by atoms with Crippen LogP contribution in [0.2, 0.25) is 0 Å². The molecule has 0 radical (unpaired) electrons. The molecule has 3 amide bonds. The third kappa shape index (κ3) is 3.84. The van der Waals surface area contributed by atoms with Gasteiger partial charge in [-0.3, -0.25) is 4.79 Å². The van der Waals surface area contributed by atoms with Gasteiger partial charge < -0.3 is 15.5 Å². The van der Waals surface area contributed by atoms with E-state index in [1.54, 1.807) is 0 Å². The number of rotatable bonds is 3. The third-order valence-electron chi connectivity index (χ3n) is 4.79. The minimum atomic E-state index is -0.0148. The molecule has 2 N–H and O–H groups in total. The van der Waals surface area contributed by atoms with E-state index in [1.807, 2.05) is 36.9 Å². The normalized spacial score (nSPS) is 18.6. The fourth-order valence-electron chi connectivity index (χ4n) is 3.08. The van der Waals surface area contributed by atoms with E-state index in [2.05, 4.69) is 10.6 Å². The maximum atomic E-state index is 12.5. The molecule has 0 spiro atoms. The zero-order valence-electron chi connectivity index (χ0n) is 13.9. The van der Waals surface area contributed by atoms with Crippen LogP contribution in [0.4, 0.5) is 10.5 Å². The Morgan fingerprint density at radius 1 is 1.04 bits per heavy atom. The summed E-state index contributed by atoms with van der Waals surface area (Å²) in [6.07, 6.45) is 3.66. The van der Waals surface area contributed by atoms with Gasteiger partial charge in [-0.1, -0.05) is 18.2 Å². The second-order valence-corrected chi connectivity index (χ2v) is 6.74. The number of nitrogens with one attached hydrogen (secondary N) is 2. The minimum absolute atomic E-state index is 0.0148. The number of likely N-dealkylation sites (tertiary alicyclic amines) is 1. The molecule has 124 valence electrons. The summed E-state index contributed by atoms with van der Waals surface area (Å²) in [5, 5.41) is 6.09. The number of aryl methyl sites for hydroxylation is 2. The molecule has 0 unspecified atom stereocenters. The zero-order valence-corrected chi connectivity index (χ0v) is 13.9. The SMILES string of the molecule is Cc1cccc(C)c1NC(=O)C1CCN(C(=O)NC2CC2)CC1. The lowest BCUT2D eigenvalue weighted by molar-refractivity contribution is -0.121. The molecular formula is C18H25N3O2. The number of carbonyl (C=O) groups excluding carboxylic acids is 2. The van der Waals surface area contributed by atoms with Crippen molar-refractivity contribution >= 4 is 17.6 Å². The first-order valence-corrected chi connectivity index (χ1v) is 8.47. The number of hydrogen-bond donors (Lipinski definition) is 2. The Labute approximate surface area is 137 Å². The maximum Gasteiger partial charge on any atom is 0.317 e. The van der Waals surface area contributed by atoms with E-state index in [9.17, 15) is 9.59 Å².